The second-order valence-corrected chi connectivity index (χ2v) is 5.99. The van der Waals surface area contributed by atoms with Crippen LogP contribution in [0.2, 0.25) is 0 Å². The fourth-order valence-corrected chi connectivity index (χ4v) is 2.95. The molecule has 21 heavy (non-hydrogen) atoms. The molecule has 0 radical (unpaired) electrons. The van der Waals surface area contributed by atoms with Crippen LogP contribution < -0.4 is 5.43 Å². The van der Waals surface area contributed by atoms with Crippen LogP contribution in [0.4, 0.5) is 5.69 Å². The minimum atomic E-state index is 0.836. The van der Waals surface area contributed by atoms with Crippen molar-refractivity contribution < 1.29 is 0 Å². The third kappa shape index (κ3) is 3.34. The Hall–Kier alpha value is -2.07. The van der Waals surface area contributed by atoms with E-state index in [1.165, 1.54) is 16.7 Å². The van der Waals surface area contributed by atoms with Crippen molar-refractivity contribution in [3.05, 3.63) is 65.2 Å². The number of para-hydroxylation sites is 1. The summed E-state index contributed by atoms with van der Waals surface area (Å²) in [6.07, 6.45) is 0. The number of hydrogen-bond donors (Lipinski definition) is 1. The van der Waals surface area contributed by atoms with Crippen LogP contribution in [0.3, 0.4) is 0 Å². The minimum Gasteiger partial charge on any atom is -0.255 e. The molecule has 0 fully saturated rings. The van der Waals surface area contributed by atoms with E-state index in [0.717, 1.165) is 22.3 Å². The molecule has 0 aromatic heterocycles. The minimum absolute atomic E-state index is 0.836. The lowest BCUT2D eigenvalue weighted by Gasteiger charge is -2.16. The zero-order valence-electron chi connectivity index (χ0n) is 12.1. The van der Waals surface area contributed by atoms with Crippen LogP contribution >= 0.6 is 11.8 Å². The Bertz CT molecular complexity index is 705. The third-order valence-electron chi connectivity index (χ3n) is 3.32. The van der Waals surface area contributed by atoms with Crippen LogP contribution in [0.15, 0.2) is 58.6 Å². The van der Waals surface area contributed by atoms with Gasteiger partial charge in [-0.05, 0) is 37.6 Å². The van der Waals surface area contributed by atoms with Gasteiger partial charge >= 0.3 is 0 Å². The molecule has 0 amide bonds. The monoisotopic (exact) mass is 295 g/mol. The maximum absolute atomic E-state index is 4.55. The zero-order valence-corrected chi connectivity index (χ0v) is 12.9. The molecule has 0 saturated heterocycles. The first-order chi connectivity index (χ1) is 10.2. The molecule has 1 aliphatic heterocycles. The van der Waals surface area contributed by atoms with Crippen molar-refractivity contribution in [3.63, 3.8) is 0 Å². The summed E-state index contributed by atoms with van der Waals surface area (Å²) in [6.45, 7) is 4.23. The number of benzene rings is 2. The molecule has 0 unspecified atom stereocenters. The summed E-state index contributed by atoms with van der Waals surface area (Å²) in [6, 6.07) is 16.4. The topological polar surface area (TPSA) is 36.8 Å². The Balaban J connectivity index is 1.81. The van der Waals surface area contributed by atoms with Gasteiger partial charge in [0.25, 0.3) is 0 Å². The van der Waals surface area contributed by atoms with Crippen molar-refractivity contribution in [2.75, 3.05) is 5.75 Å². The standard InChI is InChI=1S/C17H17N3S/c1-12-8-9-13(2)15(10-12)16-11-21-17(20-19-16)18-14-6-4-3-5-7-14/h3-10H,11H2,1-2H3,(H,18,20). The Kier molecular flexibility index (Phi) is 4.06. The third-order valence-corrected chi connectivity index (χ3v) is 4.20. The number of rotatable bonds is 2. The molecule has 4 heteroatoms. The van der Waals surface area contributed by atoms with E-state index in [-0.39, 0.29) is 0 Å². The number of aliphatic imine (C=N–C) groups is 1. The van der Waals surface area contributed by atoms with Gasteiger partial charge in [-0.25, -0.2) is 4.99 Å². The summed E-state index contributed by atoms with van der Waals surface area (Å²) in [5, 5.41) is 5.34. The van der Waals surface area contributed by atoms with E-state index >= 15 is 0 Å². The van der Waals surface area contributed by atoms with Crippen molar-refractivity contribution in [2.45, 2.75) is 13.8 Å². The summed E-state index contributed by atoms with van der Waals surface area (Å²) in [5.41, 5.74) is 8.81. The molecule has 1 N–H and O–H groups in total. The number of hydrazone groups is 1. The number of hydrogen-bond acceptors (Lipinski definition) is 3. The molecule has 2 aromatic carbocycles. The molecule has 3 nitrogen and oxygen atoms in total. The molecule has 2 aromatic rings. The second-order valence-electron chi connectivity index (χ2n) is 5.03. The van der Waals surface area contributed by atoms with E-state index in [9.17, 15) is 0 Å². The fourth-order valence-electron chi connectivity index (χ4n) is 2.18. The number of aryl methyl sites for hydroxylation is 2. The van der Waals surface area contributed by atoms with Crippen LogP contribution in [-0.2, 0) is 0 Å². The van der Waals surface area contributed by atoms with Gasteiger partial charge < -0.3 is 0 Å². The average Bonchev–Trinajstić information content (AvgIpc) is 2.52. The van der Waals surface area contributed by atoms with Gasteiger partial charge in [-0.1, -0.05) is 47.7 Å². The van der Waals surface area contributed by atoms with E-state index in [2.05, 4.69) is 47.6 Å². The van der Waals surface area contributed by atoms with Gasteiger partial charge in [-0.15, -0.1) is 0 Å². The quantitative estimate of drug-likeness (QED) is 0.908. The molecule has 0 atom stereocenters. The van der Waals surface area contributed by atoms with Gasteiger partial charge in [0, 0.05) is 11.3 Å². The van der Waals surface area contributed by atoms with Gasteiger partial charge in [-0.2, -0.15) is 5.10 Å². The predicted molar refractivity (Wildman–Crippen MR) is 91.6 cm³/mol. The van der Waals surface area contributed by atoms with Crippen LogP contribution in [0.5, 0.6) is 0 Å². The molecule has 3 rings (SSSR count). The lowest BCUT2D eigenvalue weighted by Crippen LogP contribution is -2.25. The summed E-state index contributed by atoms with van der Waals surface area (Å²) in [5.74, 6) is 0.836. The van der Waals surface area contributed by atoms with Crippen LogP contribution in [-0.4, -0.2) is 16.6 Å². The van der Waals surface area contributed by atoms with Gasteiger partial charge in [0.15, 0.2) is 5.17 Å². The molecule has 1 heterocycles. The summed E-state index contributed by atoms with van der Waals surface area (Å²) >= 11 is 1.68. The van der Waals surface area contributed by atoms with E-state index in [4.69, 9.17) is 0 Å². The van der Waals surface area contributed by atoms with E-state index in [0.29, 0.717) is 0 Å². The first-order valence-corrected chi connectivity index (χ1v) is 7.88. The van der Waals surface area contributed by atoms with Crippen molar-refractivity contribution >= 4 is 28.3 Å². The normalized spacial score (nSPS) is 16.5. The zero-order chi connectivity index (χ0) is 14.7. The van der Waals surface area contributed by atoms with E-state index in [1.54, 1.807) is 11.8 Å². The van der Waals surface area contributed by atoms with Crippen LogP contribution in [0.25, 0.3) is 0 Å². The van der Waals surface area contributed by atoms with E-state index in [1.807, 2.05) is 30.3 Å². The number of thioether (sulfide) groups is 1. The highest BCUT2D eigenvalue weighted by Crippen LogP contribution is 2.20. The predicted octanol–water partition coefficient (Wildman–Crippen LogP) is 4.03. The highest BCUT2D eigenvalue weighted by Gasteiger charge is 2.14. The van der Waals surface area contributed by atoms with Crippen molar-refractivity contribution in [1.29, 1.82) is 0 Å². The summed E-state index contributed by atoms with van der Waals surface area (Å²) in [7, 11) is 0. The Labute approximate surface area is 129 Å². The SMILES string of the molecule is Cc1ccc(C)c(C2=NNC(=Nc3ccccc3)SC2)c1. The second kappa shape index (κ2) is 6.14. The molecule has 1 aliphatic rings. The Morgan fingerprint density at radius 3 is 2.62 bits per heavy atom. The molecular weight excluding hydrogens is 278 g/mol. The van der Waals surface area contributed by atoms with Gasteiger partial charge in [-0.3, -0.25) is 5.43 Å². The molecule has 0 bridgehead atoms. The maximum atomic E-state index is 4.55. The first-order valence-electron chi connectivity index (χ1n) is 6.89. The highest BCUT2D eigenvalue weighted by atomic mass is 32.2. The molecule has 106 valence electrons. The average molecular weight is 295 g/mol. The van der Waals surface area contributed by atoms with Crippen LogP contribution in [0.1, 0.15) is 16.7 Å². The Morgan fingerprint density at radius 2 is 1.90 bits per heavy atom. The summed E-state index contributed by atoms with van der Waals surface area (Å²) < 4.78 is 0. The fraction of sp³-hybridized carbons (Fsp3) is 0.176. The number of amidine groups is 1. The Morgan fingerprint density at radius 1 is 1.10 bits per heavy atom. The van der Waals surface area contributed by atoms with Gasteiger partial charge in [0.2, 0.25) is 0 Å². The maximum Gasteiger partial charge on any atom is 0.182 e. The molecule has 0 aliphatic carbocycles. The highest BCUT2D eigenvalue weighted by molar-refractivity contribution is 8.14. The number of nitrogens with one attached hydrogen (secondary N) is 1. The number of nitrogens with zero attached hydrogens (tertiary/aromatic N) is 2. The largest absolute Gasteiger partial charge is 0.255 e. The molecule has 0 saturated carbocycles. The molecular formula is C17H17N3S. The van der Waals surface area contributed by atoms with Crippen LogP contribution in [0, 0.1) is 13.8 Å². The van der Waals surface area contributed by atoms with Crippen molar-refractivity contribution in [2.24, 2.45) is 10.1 Å². The van der Waals surface area contributed by atoms with Gasteiger partial charge in [0.1, 0.15) is 0 Å². The van der Waals surface area contributed by atoms with E-state index < -0.39 is 0 Å². The lowest BCUT2D eigenvalue weighted by atomic mass is 10.0. The van der Waals surface area contributed by atoms with Crippen molar-refractivity contribution in [3.8, 4) is 0 Å². The smallest absolute Gasteiger partial charge is 0.182 e. The van der Waals surface area contributed by atoms with Gasteiger partial charge in [0.05, 0.1) is 11.4 Å². The first kappa shape index (κ1) is 13.9. The van der Waals surface area contributed by atoms with Crippen molar-refractivity contribution in [1.82, 2.24) is 5.43 Å². The summed E-state index contributed by atoms with van der Waals surface area (Å²) in [4.78, 5) is 4.55. The molecule has 0 spiro atoms. The lowest BCUT2D eigenvalue weighted by molar-refractivity contribution is 1.03.